The van der Waals surface area contributed by atoms with Crippen molar-refractivity contribution in [1.82, 2.24) is 4.90 Å². The number of ether oxygens (including phenoxy) is 1. The minimum absolute atomic E-state index is 0.193. The highest BCUT2D eigenvalue weighted by Crippen LogP contribution is 2.25. The van der Waals surface area contributed by atoms with Gasteiger partial charge < -0.3 is 15.0 Å². The Kier molecular flexibility index (Phi) is 6.35. The minimum Gasteiger partial charge on any atom is -0.444 e. The number of sulfonamides is 1. The van der Waals surface area contributed by atoms with Gasteiger partial charge in [0.2, 0.25) is 15.9 Å². The highest BCUT2D eigenvalue weighted by molar-refractivity contribution is 7.92. The van der Waals surface area contributed by atoms with Gasteiger partial charge in [-0.05, 0) is 45.7 Å². The number of amides is 2. The van der Waals surface area contributed by atoms with Crippen molar-refractivity contribution < 1.29 is 22.7 Å². The summed E-state index contributed by atoms with van der Waals surface area (Å²) in [7, 11) is -3.45. The first-order chi connectivity index (χ1) is 12.4. The molecule has 1 saturated heterocycles. The molecule has 0 saturated carbocycles. The molecule has 0 aromatic heterocycles. The van der Waals surface area contributed by atoms with Crippen LogP contribution in [0, 0.1) is 5.92 Å². The summed E-state index contributed by atoms with van der Waals surface area (Å²) >= 11 is 0. The molecule has 1 aromatic rings. The maximum atomic E-state index is 12.6. The van der Waals surface area contributed by atoms with Crippen molar-refractivity contribution in [3.05, 3.63) is 24.3 Å². The molecule has 2 amide bonds. The number of nitrogens with one attached hydrogen (secondary N) is 2. The average molecular weight is 397 g/mol. The maximum Gasteiger partial charge on any atom is 0.410 e. The van der Waals surface area contributed by atoms with Gasteiger partial charge in [-0.2, -0.15) is 0 Å². The zero-order chi connectivity index (χ0) is 20.2. The number of benzene rings is 1. The zero-order valence-corrected chi connectivity index (χ0v) is 16.9. The fourth-order valence-corrected chi connectivity index (χ4v) is 3.34. The molecule has 1 aliphatic heterocycles. The Hall–Kier alpha value is -2.29. The van der Waals surface area contributed by atoms with Crippen LogP contribution in [0.5, 0.6) is 0 Å². The maximum absolute atomic E-state index is 12.6. The second-order valence-corrected chi connectivity index (χ2v) is 9.40. The number of rotatable bonds is 4. The zero-order valence-electron chi connectivity index (χ0n) is 16.1. The van der Waals surface area contributed by atoms with E-state index in [0.29, 0.717) is 37.3 Å². The monoisotopic (exact) mass is 397 g/mol. The number of anilines is 2. The van der Waals surface area contributed by atoms with Crippen LogP contribution in [0.1, 0.15) is 33.6 Å². The van der Waals surface area contributed by atoms with Crippen LogP contribution in [0.3, 0.4) is 0 Å². The third kappa shape index (κ3) is 6.74. The molecule has 0 atom stereocenters. The van der Waals surface area contributed by atoms with Gasteiger partial charge in [-0.1, -0.05) is 12.1 Å². The Labute approximate surface area is 160 Å². The van der Waals surface area contributed by atoms with Gasteiger partial charge >= 0.3 is 6.09 Å². The Morgan fingerprint density at radius 2 is 1.67 bits per heavy atom. The van der Waals surface area contributed by atoms with Crippen LogP contribution in [0.15, 0.2) is 24.3 Å². The Balaban J connectivity index is 1.95. The van der Waals surface area contributed by atoms with Crippen molar-refractivity contribution in [3.8, 4) is 0 Å². The lowest BCUT2D eigenvalue weighted by Gasteiger charge is -2.33. The van der Waals surface area contributed by atoms with Gasteiger partial charge in [-0.3, -0.25) is 9.52 Å². The molecule has 0 unspecified atom stereocenters. The van der Waals surface area contributed by atoms with Crippen LogP contribution < -0.4 is 10.0 Å². The van der Waals surface area contributed by atoms with Gasteiger partial charge in [0.1, 0.15) is 5.60 Å². The fourth-order valence-electron chi connectivity index (χ4n) is 2.77. The summed E-state index contributed by atoms with van der Waals surface area (Å²) in [5.74, 6) is -0.448. The van der Waals surface area contributed by atoms with Crippen molar-refractivity contribution in [3.63, 3.8) is 0 Å². The molecule has 9 heteroatoms. The first kappa shape index (κ1) is 21.0. The lowest BCUT2D eigenvalue weighted by Crippen LogP contribution is -2.43. The van der Waals surface area contributed by atoms with Crippen LogP contribution in [0.25, 0.3) is 0 Å². The van der Waals surface area contributed by atoms with Gasteiger partial charge in [-0.25, -0.2) is 13.2 Å². The van der Waals surface area contributed by atoms with E-state index < -0.39 is 15.6 Å². The molecule has 1 aliphatic rings. The summed E-state index contributed by atoms with van der Waals surface area (Å²) in [6.45, 7) is 6.32. The number of hydrogen-bond donors (Lipinski definition) is 2. The van der Waals surface area contributed by atoms with E-state index in [1.54, 1.807) is 29.2 Å². The van der Waals surface area contributed by atoms with Crippen molar-refractivity contribution in [2.75, 3.05) is 29.4 Å². The number of hydrogen-bond acceptors (Lipinski definition) is 5. The van der Waals surface area contributed by atoms with Crippen molar-refractivity contribution >= 4 is 33.4 Å². The van der Waals surface area contributed by atoms with Crippen LogP contribution in [-0.4, -0.2) is 50.3 Å². The number of carbonyl (C=O) groups is 2. The molecule has 0 bridgehead atoms. The SMILES string of the molecule is CC(C)(C)OC(=O)N1CCC(C(=O)Nc2ccccc2NS(C)(=O)=O)CC1. The van der Waals surface area contributed by atoms with Gasteiger partial charge in [0.15, 0.2) is 0 Å². The molecule has 8 nitrogen and oxygen atoms in total. The topological polar surface area (TPSA) is 105 Å². The quantitative estimate of drug-likeness (QED) is 0.813. The van der Waals surface area contributed by atoms with E-state index in [2.05, 4.69) is 10.0 Å². The second kappa shape index (κ2) is 8.16. The Morgan fingerprint density at radius 1 is 1.11 bits per heavy atom. The minimum atomic E-state index is -3.45. The van der Waals surface area contributed by atoms with E-state index >= 15 is 0 Å². The van der Waals surface area contributed by atoms with Gasteiger partial charge in [0.05, 0.1) is 17.6 Å². The van der Waals surface area contributed by atoms with Gasteiger partial charge in [-0.15, -0.1) is 0 Å². The summed E-state index contributed by atoms with van der Waals surface area (Å²) in [6.07, 6.45) is 1.72. The molecule has 0 aliphatic carbocycles. The summed E-state index contributed by atoms with van der Waals surface area (Å²) in [5, 5.41) is 2.78. The molecule has 27 heavy (non-hydrogen) atoms. The molecule has 0 radical (unpaired) electrons. The van der Waals surface area contributed by atoms with E-state index in [-0.39, 0.29) is 17.9 Å². The summed E-state index contributed by atoms with van der Waals surface area (Å²) in [4.78, 5) is 26.3. The number of likely N-dealkylation sites (tertiary alicyclic amines) is 1. The lowest BCUT2D eigenvalue weighted by molar-refractivity contribution is -0.121. The van der Waals surface area contributed by atoms with E-state index in [1.807, 2.05) is 20.8 Å². The smallest absolute Gasteiger partial charge is 0.410 e. The summed E-state index contributed by atoms with van der Waals surface area (Å²) < 4.78 is 30.7. The van der Waals surface area contributed by atoms with Crippen LogP contribution >= 0.6 is 0 Å². The number of carbonyl (C=O) groups excluding carboxylic acids is 2. The van der Waals surface area contributed by atoms with Crippen LogP contribution in [0.2, 0.25) is 0 Å². The third-order valence-electron chi connectivity index (χ3n) is 4.00. The summed E-state index contributed by atoms with van der Waals surface area (Å²) in [5.41, 5.74) is 0.170. The van der Waals surface area contributed by atoms with Crippen molar-refractivity contribution in [1.29, 1.82) is 0 Å². The molecule has 2 rings (SSSR count). The standard InChI is InChI=1S/C18H27N3O5S/c1-18(2,3)26-17(23)21-11-9-13(10-12-21)16(22)19-14-7-5-6-8-15(14)20-27(4,24)25/h5-8,13,20H,9-12H2,1-4H3,(H,19,22). The normalized spacial score (nSPS) is 15.9. The van der Waals surface area contributed by atoms with E-state index in [0.717, 1.165) is 6.26 Å². The molecular weight excluding hydrogens is 370 g/mol. The first-order valence-corrected chi connectivity index (χ1v) is 10.7. The van der Waals surface area contributed by atoms with Crippen LogP contribution in [0.4, 0.5) is 16.2 Å². The number of nitrogens with zero attached hydrogens (tertiary/aromatic N) is 1. The molecule has 150 valence electrons. The molecular formula is C18H27N3O5S. The largest absolute Gasteiger partial charge is 0.444 e. The van der Waals surface area contributed by atoms with E-state index in [4.69, 9.17) is 4.74 Å². The van der Waals surface area contributed by atoms with Crippen LogP contribution in [-0.2, 0) is 19.6 Å². The predicted octanol–water partition coefficient (Wildman–Crippen LogP) is 2.64. The molecule has 1 aromatic carbocycles. The van der Waals surface area contributed by atoms with Gasteiger partial charge in [0, 0.05) is 19.0 Å². The van der Waals surface area contributed by atoms with E-state index in [9.17, 15) is 18.0 Å². The number of piperidine rings is 1. The average Bonchev–Trinajstić information content (AvgIpc) is 2.54. The molecule has 2 N–H and O–H groups in total. The lowest BCUT2D eigenvalue weighted by atomic mass is 9.96. The van der Waals surface area contributed by atoms with E-state index in [1.165, 1.54) is 0 Å². The fraction of sp³-hybridized carbons (Fsp3) is 0.556. The van der Waals surface area contributed by atoms with Crippen molar-refractivity contribution in [2.45, 2.75) is 39.2 Å². The Bertz CT molecular complexity index is 793. The Morgan fingerprint density at radius 3 is 2.19 bits per heavy atom. The van der Waals surface area contributed by atoms with Gasteiger partial charge in [0.25, 0.3) is 0 Å². The molecule has 0 spiro atoms. The predicted molar refractivity (Wildman–Crippen MR) is 104 cm³/mol. The second-order valence-electron chi connectivity index (χ2n) is 7.65. The molecule has 1 heterocycles. The summed E-state index contributed by atoms with van der Waals surface area (Å²) in [6, 6.07) is 6.62. The third-order valence-corrected chi connectivity index (χ3v) is 4.59. The molecule has 1 fully saturated rings. The highest BCUT2D eigenvalue weighted by atomic mass is 32.2. The number of para-hydroxylation sites is 2. The first-order valence-electron chi connectivity index (χ1n) is 8.80. The van der Waals surface area contributed by atoms with Crippen molar-refractivity contribution in [2.24, 2.45) is 5.92 Å². The highest BCUT2D eigenvalue weighted by Gasteiger charge is 2.30.